The van der Waals surface area contributed by atoms with Gasteiger partial charge in [-0.25, -0.2) is 4.98 Å². The van der Waals surface area contributed by atoms with Gasteiger partial charge in [-0.05, 0) is 69.2 Å². The molecule has 2 aromatic carbocycles. The van der Waals surface area contributed by atoms with Gasteiger partial charge in [0.2, 0.25) is 11.5 Å². The van der Waals surface area contributed by atoms with Gasteiger partial charge in [-0.15, -0.1) is 0 Å². The van der Waals surface area contributed by atoms with Crippen LogP contribution >= 0.6 is 23.2 Å². The third kappa shape index (κ3) is 8.69. The van der Waals surface area contributed by atoms with Gasteiger partial charge < -0.3 is 30.5 Å². The smallest absolute Gasteiger partial charge is 0.373 e. The number of amides is 2. The van der Waals surface area contributed by atoms with Crippen LogP contribution in [-0.4, -0.2) is 69.7 Å². The van der Waals surface area contributed by atoms with E-state index in [9.17, 15) is 54.2 Å². The molecule has 1 atom stereocenters. The molecule has 1 aliphatic heterocycles. The summed E-state index contributed by atoms with van der Waals surface area (Å²) in [6.45, 7) is -0.272. The minimum Gasteiger partial charge on any atom is -0.373 e. The predicted molar refractivity (Wildman–Crippen MR) is 179 cm³/mol. The first-order valence-corrected chi connectivity index (χ1v) is 17.3. The number of imidazole rings is 1. The lowest BCUT2D eigenvalue weighted by Crippen LogP contribution is -2.54. The van der Waals surface area contributed by atoms with Crippen molar-refractivity contribution in [2.75, 3.05) is 23.3 Å². The zero-order valence-corrected chi connectivity index (χ0v) is 29.7. The number of benzene rings is 2. The average molecular weight is 806 g/mol. The number of rotatable bonds is 8. The van der Waals surface area contributed by atoms with Crippen LogP contribution in [0.3, 0.4) is 0 Å². The van der Waals surface area contributed by atoms with E-state index in [2.05, 4.69) is 15.6 Å². The zero-order chi connectivity index (χ0) is 39.3. The second-order valence-corrected chi connectivity index (χ2v) is 14.3. The van der Waals surface area contributed by atoms with E-state index in [0.717, 1.165) is 0 Å². The minimum atomic E-state index is -5.25. The minimum absolute atomic E-state index is 0.0252. The van der Waals surface area contributed by atoms with E-state index >= 15 is 0 Å². The molecule has 0 unspecified atom stereocenters. The Morgan fingerprint density at radius 2 is 1.49 bits per heavy atom. The molecule has 5 rings (SSSR count). The number of halogens is 11. The summed E-state index contributed by atoms with van der Waals surface area (Å²) < 4.78 is 121. The molecule has 2 aliphatic rings. The second kappa shape index (κ2) is 14.9. The Morgan fingerprint density at radius 1 is 0.906 bits per heavy atom. The van der Waals surface area contributed by atoms with Crippen molar-refractivity contribution in [2.24, 2.45) is 18.9 Å². The largest absolute Gasteiger partial charge is 0.426 e. The Hall–Kier alpha value is -3.64. The molecule has 0 spiro atoms. The van der Waals surface area contributed by atoms with E-state index < -0.39 is 60.4 Å². The zero-order valence-electron chi connectivity index (χ0n) is 28.2. The number of nitrogens with zero attached hydrogens (tertiary/aromatic N) is 3. The van der Waals surface area contributed by atoms with Crippen LogP contribution in [-0.2, 0) is 18.4 Å². The molecule has 1 saturated carbocycles. The number of aryl methyl sites for hydroxylation is 1. The average Bonchev–Trinajstić information content (AvgIpc) is 3.38. The summed E-state index contributed by atoms with van der Waals surface area (Å²) in [6.07, 6.45) is -14.5. The van der Waals surface area contributed by atoms with Crippen LogP contribution < -0.4 is 20.9 Å². The normalized spacial score (nSPS) is 20.3. The Morgan fingerprint density at radius 3 is 2.06 bits per heavy atom. The summed E-state index contributed by atoms with van der Waals surface area (Å²) in [5.41, 5.74) is -2.46. The van der Waals surface area contributed by atoms with Crippen molar-refractivity contribution in [3.63, 3.8) is 0 Å². The summed E-state index contributed by atoms with van der Waals surface area (Å²) in [4.78, 5) is 32.0. The van der Waals surface area contributed by atoms with Crippen LogP contribution in [0, 0.1) is 11.8 Å². The molecular weight excluding hydrogens is 770 g/mol. The highest BCUT2D eigenvalue weighted by atomic mass is 35.5. The molecule has 0 radical (unpaired) electrons. The lowest BCUT2D eigenvalue weighted by atomic mass is 9.85. The van der Waals surface area contributed by atoms with Gasteiger partial charge in [-0.1, -0.05) is 29.3 Å². The van der Waals surface area contributed by atoms with E-state index in [-0.39, 0.29) is 89.9 Å². The van der Waals surface area contributed by atoms with Gasteiger partial charge in [0.25, 0.3) is 11.8 Å². The van der Waals surface area contributed by atoms with Crippen molar-refractivity contribution in [3.8, 4) is 0 Å². The van der Waals surface area contributed by atoms with Crippen molar-refractivity contribution >= 4 is 63.4 Å². The number of carbonyl (C=O) groups is 2. The van der Waals surface area contributed by atoms with Crippen molar-refractivity contribution in [3.05, 3.63) is 45.4 Å². The Labute approximate surface area is 307 Å². The maximum Gasteiger partial charge on any atom is 0.426 e. The molecule has 2 amide bonds. The lowest BCUT2D eigenvalue weighted by molar-refractivity contribution is -0.245. The summed E-state index contributed by atoms with van der Waals surface area (Å²) in [6, 6.07) is 5.17. The number of hydrogen-bond donors (Lipinski definition) is 4. The van der Waals surface area contributed by atoms with Gasteiger partial charge in [0, 0.05) is 32.7 Å². The Bertz CT molecular complexity index is 1850. The fourth-order valence-electron chi connectivity index (χ4n) is 6.49. The van der Waals surface area contributed by atoms with Crippen molar-refractivity contribution in [1.82, 2.24) is 20.2 Å². The highest BCUT2D eigenvalue weighted by molar-refractivity contribution is 6.39. The monoisotopic (exact) mass is 804 g/mol. The van der Waals surface area contributed by atoms with Crippen LogP contribution in [0.4, 0.5) is 56.8 Å². The maximum atomic E-state index is 13.7. The van der Waals surface area contributed by atoms with Gasteiger partial charge in [0.1, 0.15) is 0 Å². The topological polar surface area (TPSA) is 112 Å². The van der Waals surface area contributed by atoms with Crippen LogP contribution in [0.2, 0.25) is 10.0 Å². The van der Waals surface area contributed by atoms with Crippen LogP contribution in [0.1, 0.15) is 61.4 Å². The molecule has 2 heterocycles. The van der Waals surface area contributed by atoms with E-state index in [1.54, 1.807) is 22.6 Å². The first-order valence-electron chi connectivity index (χ1n) is 16.5. The van der Waals surface area contributed by atoms with Crippen LogP contribution in [0.15, 0.2) is 24.3 Å². The molecule has 4 N–H and O–H groups in total. The first kappa shape index (κ1) is 40.5. The quantitative estimate of drug-likeness (QED) is 0.171. The van der Waals surface area contributed by atoms with Gasteiger partial charge in [-0.3, -0.25) is 9.59 Å². The number of fused-ring (bicyclic) bond motifs is 1. The molecule has 1 aromatic heterocycles. The van der Waals surface area contributed by atoms with E-state index in [4.69, 9.17) is 23.2 Å². The van der Waals surface area contributed by atoms with E-state index in [0.29, 0.717) is 18.1 Å². The second-order valence-electron chi connectivity index (χ2n) is 13.5. The number of anilines is 3. The fourth-order valence-corrected chi connectivity index (χ4v) is 7.03. The maximum absolute atomic E-state index is 13.7. The number of alkyl halides is 9. The van der Waals surface area contributed by atoms with Crippen molar-refractivity contribution in [2.45, 2.75) is 82.2 Å². The van der Waals surface area contributed by atoms with Gasteiger partial charge in [0.15, 0.2) is 0 Å². The molecule has 20 heteroatoms. The molecule has 9 nitrogen and oxygen atoms in total. The van der Waals surface area contributed by atoms with E-state index in [1.807, 2.05) is 5.32 Å². The number of nitrogens with one attached hydrogen (secondary N) is 3. The standard InChI is InChI=1S/C33H35Cl2F9N6O3/c1-30(53,33(42,43)44)28(52)45-15-16-3-8-21(34)26(25(16)35)48-29-47-22-13-20(27(51)46-19-6-4-17(5-7-19)31(36,37)38)23(14-24(22)49(29)2)50-11-9-18(10-12-50)32(39,40)41/h3,8,13-14,17-19,53H,4-7,9-12,15H2,1-2H3,(H,45,52)(H,46,51)(H,47,48)/t17-,19+,30-/m0/s1. The highest BCUT2D eigenvalue weighted by Gasteiger charge is 2.55. The lowest BCUT2D eigenvalue weighted by Gasteiger charge is -2.35. The van der Waals surface area contributed by atoms with Gasteiger partial charge in [-0.2, -0.15) is 39.5 Å². The SMILES string of the molecule is Cn1c(Nc2c(Cl)ccc(CNC(=O)[C@](C)(O)C(F)(F)F)c2Cl)nc2cc(C(=O)N[C@H]3CC[C@@H](C(F)(F)F)CC3)c(N3CCC(C(F)(F)F)CC3)cc21. The van der Waals surface area contributed by atoms with E-state index in [1.165, 1.54) is 18.2 Å². The van der Waals surface area contributed by atoms with Crippen molar-refractivity contribution in [1.29, 1.82) is 0 Å². The Kier molecular flexibility index (Phi) is 11.4. The summed E-state index contributed by atoms with van der Waals surface area (Å²) in [5, 5.41) is 17.3. The summed E-state index contributed by atoms with van der Waals surface area (Å²) >= 11 is 12.9. The molecular formula is C33H35Cl2F9N6O3. The molecule has 2 fully saturated rings. The van der Waals surface area contributed by atoms with Gasteiger partial charge >= 0.3 is 18.5 Å². The highest BCUT2D eigenvalue weighted by Crippen LogP contribution is 2.41. The van der Waals surface area contributed by atoms with Crippen LogP contribution in [0.5, 0.6) is 0 Å². The first-order chi connectivity index (χ1) is 24.5. The predicted octanol–water partition coefficient (Wildman–Crippen LogP) is 8.18. The number of hydrogen-bond acceptors (Lipinski definition) is 6. The third-order valence-electron chi connectivity index (χ3n) is 9.91. The third-order valence-corrected chi connectivity index (χ3v) is 10.7. The number of piperidine rings is 1. The fraction of sp³-hybridized carbons (Fsp3) is 0.545. The Balaban J connectivity index is 1.44. The van der Waals surface area contributed by atoms with Crippen molar-refractivity contribution < 1.29 is 54.2 Å². The molecule has 1 saturated heterocycles. The van der Waals surface area contributed by atoms with Crippen LogP contribution in [0.25, 0.3) is 11.0 Å². The van der Waals surface area contributed by atoms with Gasteiger partial charge in [0.05, 0.1) is 49.9 Å². The molecule has 3 aromatic rings. The molecule has 1 aliphatic carbocycles. The summed E-state index contributed by atoms with van der Waals surface area (Å²) in [5.74, 6) is -5.22. The molecule has 292 valence electrons. The number of carbonyl (C=O) groups excluding carboxylic acids is 2. The molecule has 53 heavy (non-hydrogen) atoms. The number of aromatic nitrogens is 2. The summed E-state index contributed by atoms with van der Waals surface area (Å²) in [7, 11) is 1.58. The number of aliphatic hydroxyl groups is 1. The molecule has 0 bridgehead atoms.